The lowest BCUT2D eigenvalue weighted by molar-refractivity contribution is 0.0590. The van der Waals surface area contributed by atoms with Gasteiger partial charge in [0, 0.05) is 5.92 Å². The first kappa shape index (κ1) is 13.6. The van der Waals surface area contributed by atoms with Crippen molar-refractivity contribution in [3.63, 3.8) is 0 Å². The molecule has 0 radical (unpaired) electrons. The van der Waals surface area contributed by atoms with E-state index in [-0.39, 0.29) is 5.54 Å². The van der Waals surface area contributed by atoms with Crippen LogP contribution in [0.2, 0.25) is 0 Å². The highest BCUT2D eigenvalue weighted by Gasteiger charge is 2.46. The van der Waals surface area contributed by atoms with Crippen molar-refractivity contribution >= 4 is 0 Å². The number of benzene rings is 1. The first-order valence-electron chi connectivity index (χ1n) is 8.08. The molecule has 1 aliphatic carbocycles. The van der Waals surface area contributed by atoms with E-state index in [4.69, 9.17) is 0 Å². The zero-order valence-corrected chi connectivity index (χ0v) is 12.2. The summed E-state index contributed by atoms with van der Waals surface area (Å²) in [6.07, 6.45) is 8.51. The highest BCUT2D eigenvalue weighted by molar-refractivity contribution is 5.30. The van der Waals surface area contributed by atoms with Gasteiger partial charge >= 0.3 is 0 Å². The Morgan fingerprint density at radius 2 is 1.75 bits per heavy atom. The molecule has 0 N–H and O–H groups in total. The summed E-state index contributed by atoms with van der Waals surface area (Å²) in [4.78, 5) is 2.51. The van der Waals surface area contributed by atoms with Gasteiger partial charge in [0.15, 0.2) is 0 Å². The van der Waals surface area contributed by atoms with Crippen molar-refractivity contribution in [2.75, 3.05) is 13.1 Å². The van der Waals surface area contributed by atoms with Gasteiger partial charge in [0.2, 0.25) is 0 Å². The third-order valence-corrected chi connectivity index (χ3v) is 5.19. The lowest BCUT2D eigenvalue weighted by Gasteiger charge is -2.48. The second-order valence-corrected chi connectivity index (χ2v) is 6.29. The van der Waals surface area contributed by atoms with Crippen molar-refractivity contribution in [1.82, 2.24) is 4.90 Å². The lowest BCUT2D eigenvalue weighted by atomic mass is 9.69. The van der Waals surface area contributed by atoms with Crippen LogP contribution >= 0.6 is 0 Å². The van der Waals surface area contributed by atoms with E-state index in [0.717, 1.165) is 25.9 Å². The number of likely N-dealkylation sites (tertiary alicyclic amines) is 1. The van der Waals surface area contributed by atoms with Gasteiger partial charge in [-0.15, -0.1) is 0 Å². The van der Waals surface area contributed by atoms with Crippen LogP contribution in [-0.4, -0.2) is 23.5 Å². The summed E-state index contributed by atoms with van der Waals surface area (Å²) in [5.74, 6) is 0.389. The maximum atomic E-state index is 10.0. The van der Waals surface area contributed by atoms with Crippen LogP contribution in [0.15, 0.2) is 30.3 Å². The summed E-state index contributed by atoms with van der Waals surface area (Å²) in [5, 5.41) is 10.0. The molecule has 2 atom stereocenters. The average Bonchev–Trinajstić information content (AvgIpc) is 2.56. The first-order valence-corrected chi connectivity index (χ1v) is 8.08. The molecular weight excluding hydrogens is 244 g/mol. The third kappa shape index (κ3) is 2.36. The minimum atomic E-state index is -0.250. The van der Waals surface area contributed by atoms with Crippen LogP contribution in [0.1, 0.15) is 56.4 Å². The second-order valence-electron chi connectivity index (χ2n) is 6.29. The van der Waals surface area contributed by atoms with E-state index in [1.54, 1.807) is 0 Å². The lowest BCUT2D eigenvalue weighted by Crippen LogP contribution is -2.55. The Kier molecular flexibility index (Phi) is 4.08. The predicted octanol–water partition coefficient (Wildman–Crippen LogP) is 4.09. The van der Waals surface area contributed by atoms with E-state index in [0.29, 0.717) is 5.92 Å². The number of nitriles is 1. The predicted molar refractivity (Wildman–Crippen MR) is 81.4 cm³/mol. The molecule has 0 amide bonds. The summed E-state index contributed by atoms with van der Waals surface area (Å²) in [5.41, 5.74) is 1.11. The molecule has 1 aromatic rings. The van der Waals surface area contributed by atoms with Crippen molar-refractivity contribution in [2.24, 2.45) is 0 Å². The summed E-state index contributed by atoms with van der Waals surface area (Å²) in [7, 11) is 0. The molecule has 106 valence electrons. The van der Waals surface area contributed by atoms with Crippen LogP contribution in [0.5, 0.6) is 0 Å². The highest BCUT2D eigenvalue weighted by Crippen LogP contribution is 2.45. The van der Waals surface area contributed by atoms with E-state index >= 15 is 0 Å². The summed E-state index contributed by atoms with van der Waals surface area (Å²) < 4.78 is 0. The zero-order chi connectivity index (χ0) is 13.8. The quantitative estimate of drug-likeness (QED) is 0.807. The Bertz CT molecular complexity index is 470. The SMILES string of the molecule is N#CC1(N2CCCCC2)CCCCC1c1ccccc1. The summed E-state index contributed by atoms with van der Waals surface area (Å²) in [6.45, 7) is 2.22. The third-order valence-electron chi connectivity index (χ3n) is 5.19. The van der Waals surface area contributed by atoms with Crippen LogP contribution < -0.4 is 0 Å². The molecule has 1 heterocycles. The van der Waals surface area contributed by atoms with Crippen molar-refractivity contribution in [2.45, 2.75) is 56.4 Å². The maximum absolute atomic E-state index is 10.0. The van der Waals surface area contributed by atoms with E-state index in [2.05, 4.69) is 41.3 Å². The first-order chi connectivity index (χ1) is 9.87. The van der Waals surface area contributed by atoms with Gasteiger partial charge in [0.05, 0.1) is 6.07 Å². The number of hydrogen-bond donors (Lipinski definition) is 0. The molecule has 1 aliphatic heterocycles. The molecular formula is C18H24N2. The molecule has 20 heavy (non-hydrogen) atoms. The van der Waals surface area contributed by atoms with Gasteiger partial charge in [-0.05, 0) is 44.3 Å². The topological polar surface area (TPSA) is 27.0 Å². The van der Waals surface area contributed by atoms with Gasteiger partial charge in [0.1, 0.15) is 5.54 Å². The van der Waals surface area contributed by atoms with Crippen LogP contribution in [-0.2, 0) is 0 Å². The normalized spacial score (nSPS) is 31.6. The van der Waals surface area contributed by atoms with E-state index in [9.17, 15) is 5.26 Å². The zero-order valence-electron chi connectivity index (χ0n) is 12.2. The maximum Gasteiger partial charge on any atom is 0.116 e. The summed E-state index contributed by atoms with van der Waals surface area (Å²) in [6, 6.07) is 13.5. The van der Waals surface area contributed by atoms with Gasteiger partial charge in [-0.1, -0.05) is 49.6 Å². The van der Waals surface area contributed by atoms with Gasteiger partial charge in [0.25, 0.3) is 0 Å². The standard InChI is InChI=1S/C18H24N2/c19-15-18(20-13-7-2-8-14-20)12-6-5-11-17(18)16-9-3-1-4-10-16/h1,3-4,9-10,17H,2,5-8,11-14H2. The minimum Gasteiger partial charge on any atom is -0.285 e. The minimum absolute atomic E-state index is 0.250. The molecule has 0 bridgehead atoms. The Hall–Kier alpha value is -1.33. The van der Waals surface area contributed by atoms with Crippen LogP contribution in [0.25, 0.3) is 0 Å². The molecule has 3 rings (SSSR count). The fraction of sp³-hybridized carbons (Fsp3) is 0.611. The summed E-state index contributed by atoms with van der Waals surface area (Å²) >= 11 is 0. The van der Waals surface area contributed by atoms with E-state index in [1.165, 1.54) is 37.7 Å². The molecule has 2 aliphatic rings. The number of hydrogen-bond acceptors (Lipinski definition) is 2. The Morgan fingerprint density at radius 1 is 1.00 bits per heavy atom. The van der Waals surface area contributed by atoms with Gasteiger partial charge in [-0.3, -0.25) is 4.90 Å². The molecule has 2 unspecified atom stereocenters. The monoisotopic (exact) mass is 268 g/mol. The highest BCUT2D eigenvalue weighted by atomic mass is 15.2. The number of rotatable bonds is 2. The van der Waals surface area contributed by atoms with Crippen LogP contribution in [0, 0.1) is 11.3 Å². The largest absolute Gasteiger partial charge is 0.285 e. The number of piperidine rings is 1. The Labute approximate surface area is 122 Å². The van der Waals surface area contributed by atoms with E-state index < -0.39 is 0 Å². The molecule has 2 nitrogen and oxygen atoms in total. The Balaban J connectivity index is 1.95. The van der Waals surface area contributed by atoms with E-state index in [1.807, 2.05) is 0 Å². The smallest absolute Gasteiger partial charge is 0.116 e. The van der Waals surface area contributed by atoms with Crippen molar-refractivity contribution < 1.29 is 0 Å². The fourth-order valence-corrected chi connectivity index (χ4v) is 4.16. The number of nitrogens with zero attached hydrogens (tertiary/aromatic N) is 2. The van der Waals surface area contributed by atoms with Crippen molar-refractivity contribution in [3.05, 3.63) is 35.9 Å². The van der Waals surface area contributed by atoms with Gasteiger partial charge in [-0.25, -0.2) is 0 Å². The average molecular weight is 268 g/mol. The fourth-order valence-electron chi connectivity index (χ4n) is 4.16. The van der Waals surface area contributed by atoms with Gasteiger partial charge in [-0.2, -0.15) is 5.26 Å². The van der Waals surface area contributed by atoms with Crippen molar-refractivity contribution in [3.8, 4) is 6.07 Å². The molecule has 1 saturated carbocycles. The Morgan fingerprint density at radius 3 is 2.45 bits per heavy atom. The molecule has 1 aromatic carbocycles. The molecule has 0 spiro atoms. The van der Waals surface area contributed by atoms with Crippen LogP contribution in [0.3, 0.4) is 0 Å². The van der Waals surface area contributed by atoms with Crippen LogP contribution in [0.4, 0.5) is 0 Å². The second kappa shape index (κ2) is 5.97. The molecule has 1 saturated heterocycles. The molecule has 2 fully saturated rings. The molecule has 0 aromatic heterocycles. The van der Waals surface area contributed by atoms with Gasteiger partial charge < -0.3 is 0 Å². The van der Waals surface area contributed by atoms with Crippen molar-refractivity contribution in [1.29, 1.82) is 5.26 Å². The molecule has 2 heteroatoms.